The quantitative estimate of drug-likeness (QED) is 0.831. The van der Waals surface area contributed by atoms with Crippen molar-refractivity contribution in [2.24, 2.45) is 0 Å². The second kappa shape index (κ2) is 4.13. The molecule has 4 nitrogen and oxygen atoms in total. The third-order valence-electron chi connectivity index (χ3n) is 2.14. The van der Waals surface area contributed by atoms with Crippen molar-refractivity contribution in [2.75, 3.05) is 12.4 Å². The summed E-state index contributed by atoms with van der Waals surface area (Å²) in [4.78, 5) is 8.45. The lowest BCUT2D eigenvalue weighted by atomic mass is 10.3. The zero-order valence-electron chi connectivity index (χ0n) is 8.82. The van der Waals surface area contributed by atoms with Crippen LogP contribution in [0.25, 0.3) is 11.6 Å². The molecule has 0 aliphatic heterocycles. The summed E-state index contributed by atoms with van der Waals surface area (Å²) in [6, 6.07) is 5.66. The highest BCUT2D eigenvalue weighted by Gasteiger charge is 2.06. The molecule has 0 atom stereocenters. The highest BCUT2D eigenvalue weighted by Crippen LogP contribution is 2.19. The Morgan fingerprint density at radius 2 is 2.20 bits per heavy atom. The van der Waals surface area contributed by atoms with Crippen molar-refractivity contribution >= 4 is 5.82 Å². The fourth-order valence-corrected chi connectivity index (χ4v) is 1.30. The zero-order chi connectivity index (χ0) is 10.7. The summed E-state index contributed by atoms with van der Waals surface area (Å²) >= 11 is 0. The number of nitrogens with zero attached hydrogens (tertiary/aromatic N) is 2. The Labute approximate surface area is 88.4 Å². The first-order chi connectivity index (χ1) is 7.33. The summed E-state index contributed by atoms with van der Waals surface area (Å²) in [5.41, 5.74) is 0. The number of hydrogen-bond donors (Lipinski definition) is 1. The van der Waals surface area contributed by atoms with Crippen LogP contribution in [0.4, 0.5) is 5.82 Å². The molecule has 0 amide bonds. The maximum atomic E-state index is 5.57. The van der Waals surface area contributed by atoms with E-state index in [1.54, 1.807) is 6.20 Å². The lowest BCUT2D eigenvalue weighted by Gasteiger charge is -1.99. The van der Waals surface area contributed by atoms with E-state index in [0.717, 1.165) is 18.0 Å². The molecule has 0 radical (unpaired) electrons. The van der Waals surface area contributed by atoms with E-state index in [1.165, 1.54) is 0 Å². The van der Waals surface area contributed by atoms with Crippen LogP contribution in [-0.2, 0) is 6.42 Å². The summed E-state index contributed by atoms with van der Waals surface area (Å²) in [5.74, 6) is 3.06. The lowest BCUT2D eigenvalue weighted by molar-refractivity contribution is 0.525. The Morgan fingerprint density at radius 1 is 1.33 bits per heavy atom. The molecule has 15 heavy (non-hydrogen) atoms. The molecule has 0 saturated carbocycles. The van der Waals surface area contributed by atoms with Gasteiger partial charge in [0.05, 0.1) is 0 Å². The summed E-state index contributed by atoms with van der Waals surface area (Å²) in [6.07, 6.45) is 2.59. The van der Waals surface area contributed by atoms with Crippen LogP contribution in [0.5, 0.6) is 0 Å². The number of rotatable bonds is 3. The van der Waals surface area contributed by atoms with Crippen molar-refractivity contribution < 1.29 is 4.42 Å². The van der Waals surface area contributed by atoms with Crippen LogP contribution in [0.2, 0.25) is 0 Å². The van der Waals surface area contributed by atoms with E-state index >= 15 is 0 Å². The van der Waals surface area contributed by atoms with E-state index in [4.69, 9.17) is 4.42 Å². The van der Waals surface area contributed by atoms with Gasteiger partial charge in [0.25, 0.3) is 0 Å². The van der Waals surface area contributed by atoms with Crippen molar-refractivity contribution in [3.63, 3.8) is 0 Å². The molecule has 0 bridgehead atoms. The van der Waals surface area contributed by atoms with Gasteiger partial charge in [0.2, 0.25) is 0 Å². The summed E-state index contributed by atoms with van der Waals surface area (Å²) in [7, 11) is 1.83. The minimum absolute atomic E-state index is 0.613. The molecular formula is C11H13N3O. The van der Waals surface area contributed by atoms with Crippen LogP contribution in [0.3, 0.4) is 0 Å². The van der Waals surface area contributed by atoms with Crippen molar-refractivity contribution in [3.05, 3.63) is 30.2 Å². The summed E-state index contributed by atoms with van der Waals surface area (Å²) in [5, 5.41) is 2.97. The maximum absolute atomic E-state index is 5.57. The Balaban J connectivity index is 2.35. The van der Waals surface area contributed by atoms with Crippen LogP contribution >= 0.6 is 0 Å². The van der Waals surface area contributed by atoms with Gasteiger partial charge in [-0.25, -0.2) is 9.97 Å². The molecule has 4 heteroatoms. The number of furan rings is 1. The largest absolute Gasteiger partial charge is 0.458 e. The highest BCUT2D eigenvalue weighted by atomic mass is 16.3. The molecule has 78 valence electrons. The van der Waals surface area contributed by atoms with E-state index in [0.29, 0.717) is 11.6 Å². The molecule has 2 heterocycles. The minimum Gasteiger partial charge on any atom is -0.458 e. The predicted octanol–water partition coefficient (Wildman–Crippen LogP) is 2.34. The maximum Gasteiger partial charge on any atom is 0.197 e. The second-order valence-electron chi connectivity index (χ2n) is 3.14. The fourth-order valence-electron chi connectivity index (χ4n) is 1.30. The first-order valence-corrected chi connectivity index (χ1v) is 4.93. The Bertz CT molecular complexity index is 451. The first-order valence-electron chi connectivity index (χ1n) is 4.93. The average Bonchev–Trinajstić information content (AvgIpc) is 2.78. The zero-order valence-corrected chi connectivity index (χ0v) is 8.82. The summed E-state index contributed by atoms with van der Waals surface area (Å²) in [6.45, 7) is 2.05. The van der Waals surface area contributed by atoms with Crippen molar-refractivity contribution in [2.45, 2.75) is 13.3 Å². The van der Waals surface area contributed by atoms with Crippen molar-refractivity contribution in [1.29, 1.82) is 0 Å². The van der Waals surface area contributed by atoms with Gasteiger partial charge in [0.15, 0.2) is 11.6 Å². The lowest BCUT2D eigenvalue weighted by Crippen LogP contribution is -1.94. The summed E-state index contributed by atoms with van der Waals surface area (Å²) < 4.78 is 5.57. The second-order valence-corrected chi connectivity index (χ2v) is 3.14. The van der Waals surface area contributed by atoms with Gasteiger partial charge in [-0.2, -0.15) is 0 Å². The van der Waals surface area contributed by atoms with E-state index in [2.05, 4.69) is 15.3 Å². The van der Waals surface area contributed by atoms with Gasteiger partial charge < -0.3 is 9.73 Å². The monoisotopic (exact) mass is 203 g/mol. The van der Waals surface area contributed by atoms with Gasteiger partial charge in [-0.1, -0.05) is 6.92 Å². The minimum atomic E-state index is 0.613. The third-order valence-corrected chi connectivity index (χ3v) is 2.14. The smallest absolute Gasteiger partial charge is 0.197 e. The van der Waals surface area contributed by atoms with Gasteiger partial charge >= 0.3 is 0 Å². The average molecular weight is 203 g/mol. The molecule has 0 saturated heterocycles. The number of anilines is 1. The molecule has 0 fully saturated rings. The predicted molar refractivity (Wildman–Crippen MR) is 58.7 cm³/mol. The molecule has 2 aromatic rings. The van der Waals surface area contributed by atoms with Crippen LogP contribution in [-0.4, -0.2) is 17.0 Å². The van der Waals surface area contributed by atoms with E-state index < -0.39 is 0 Å². The highest BCUT2D eigenvalue weighted by molar-refractivity contribution is 5.50. The van der Waals surface area contributed by atoms with Gasteiger partial charge in [0.1, 0.15) is 11.6 Å². The molecule has 0 aliphatic rings. The van der Waals surface area contributed by atoms with Gasteiger partial charge in [-0.3, -0.25) is 0 Å². The van der Waals surface area contributed by atoms with Gasteiger partial charge in [-0.05, 0) is 18.2 Å². The SMILES string of the molecule is CCc1ccc(-c2nccc(NC)n2)o1. The molecule has 0 unspecified atom stereocenters. The van der Waals surface area contributed by atoms with Crippen LogP contribution in [0.15, 0.2) is 28.8 Å². The van der Waals surface area contributed by atoms with Gasteiger partial charge in [-0.15, -0.1) is 0 Å². The van der Waals surface area contributed by atoms with Crippen molar-refractivity contribution in [3.8, 4) is 11.6 Å². The Kier molecular flexibility index (Phi) is 2.67. The van der Waals surface area contributed by atoms with E-state index in [1.807, 2.05) is 32.2 Å². The standard InChI is InChI=1S/C11H13N3O/c1-3-8-4-5-9(15-8)11-13-7-6-10(12-2)14-11/h4-7H,3H2,1-2H3,(H,12,13,14). The first kappa shape index (κ1) is 9.71. The van der Waals surface area contributed by atoms with E-state index in [9.17, 15) is 0 Å². The fraction of sp³-hybridized carbons (Fsp3) is 0.273. The molecule has 0 spiro atoms. The molecular weight excluding hydrogens is 190 g/mol. The third kappa shape index (κ3) is 1.98. The van der Waals surface area contributed by atoms with Crippen LogP contribution in [0.1, 0.15) is 12.7 Å². The number of aryl methyl sites for hydroxylation is 1. The van der Waals surface area contributed by atoms with Crippen molar-refractivity contribution in [1.82, 2.24) is 9.97 Å². The molecule has 2 aromatic heterocycles. The molecule has 0 aromatic carbocycles. The molecule has 1 N–H and O–H groups in total. The van der Waals surface area contributed by atoms with Gasteiger partial charge in [0, 0.05) is 19.7 Å². The topological polar surface area (TPSA) is 51.0 Å². The number of hydrogen-bond acceptors (Lipinski definition) is 4. The molecule has 2 rings (SSSR count). The normalized spacial score (nSPS) is 10.3. The number of nitrogens with one attached hydrogen (secondary N) is 1. The Morgan fingerprint density at radius 3 is 2.87 bits per heavy atom. The van der Waals surface area contributed by atoms with Crippen LogP contribution in [0, 0.1) is 0 Å². The molecule has 0 aliphatic carbocycles. The van der Waals surface area contributed by atoms with E-state index in [-0.39, 0.29) is 0 Å². The Hall–Kier alpha value is -1.84. The van der Waals surface area contributed by atoms with Crippen LogP contribution < -0.4 is 5.32 Å². The number of aromatic nitrogens is 2.